The Morgan fingerprint density at radius 2 is 2.10 bits per heavy atom. The number of benzene rings is 1. The van der Waals surface area contributed by atoms with Gasteiger partial charge in [-0.05, 0) is 43.0 Å². The van der Waals surface area contributed by atoms with E-state index in [1.807, 2.05) is 13.0 Å². The van der Waals surface area contributed by atoms with E-state index in [2.05, 4.69) is 0 Å². The first kappa shape index (κ1) is 13.2. The molecule has 2 heterocycles. The number of hydrogen-bond donors (Lipinski definition) is 2. The maximum absolute atomic E-state index is 12.8. The number of nitrogens with two attached hydrogens (primary N) is 1. The summed E-state index contributed by atoms with van der Waals surface area (Å²) < 4.78 is 5.81. The lowest BCUT2D eigenvalue weighted by Gasteiger charge is -2.23. The number of aliphatic hydroxyl groups excluding tert-OH is 1. The molecule has 2 aliphatic heterocycles. The Balaban J connectivity index is 1.71. The van der Waals surface area contributed by atoms with Crippen LogP contribution >= 0.6 is 0 Å². The summed E-state index contributed by atoms with van der Waals surface area (Å²) in [5.74, 6) is 5.24. The summed E-state index contributed by atoms with van der Waals surface area (Å²) in [5, 5.41) is 10.7. The number of rotatable bonds is 2. The van der Waals surface area contributed by atoms with Gasteiger partial charge in [-0.2, -0.15) is 5.90 Å². The third kappa shape index (κ3) is 1.71. The molecule has 0 aromatic heterocycles. The van der Waals surface area contributed by atoms with Crippen LogP contribution in [0.15, 0.2) is 18.2 Å². The fourth-order valence-electron chi connectivity index (χ4n) is 4.53. The molecule has 112 valence electrons. The molecule has 1 aromatic rings. The van der Waals surface area contributed by atoms with Crippen LogP contribution in [-0.2, 0) is 9.53 Å². The molecule has 21 heavy (non-hydrogen) atoms. The average Bonchev–Trinajstić information content (AvgIpc) is 3.14. The zero-order valence-electron chi connectivity index (χ0n) is 11.9. The standard InChI is InChI=1S/C16H19NO4/c1-7-6-8(21-17)2-3-9(7)12-15(18)13-10-4-5-11(20-10)14(13)16(12)19/h2-3,6,10-15,18H,4-5,17H2,1H3. The fourth-order valence-corrected chi connectivity index (χ4v) is 4.53. The lowest BCUT2D eigenvalue weighted by molar-refractivity contribution is -0.124. The molecular weight excluding hydrogens is 270 g/mol. The maximum Gasteiger partial charge on any atom is 0.149 e. The van der Waals surface area contributed by atoms with Crippen LogP contribution in [0.25, 0.3) is 0 Å². The van der Waals surface area contributed by atoms with Gasteiger partial charge in [0.2, 0.25) is 0 Å². The SMILES string of the molecule is Cc1cc(ON)ccc1C1C(=O)C2C3CCC(O3)C2C1O. The van der Waals surface area contributed by atoms with Crippen molar-refractivity contribution in [2.45, 2.75) is 44.0 Å². The van der Waals surface area contributed by atoms with Crippen molar-refractivity contribution in [1.82, 2.24) is 0 Å². The van der Waals surface area contributed by atoms with E-state index < -0.39 is 12.0 Å². The molecule has 1 aliphatic carbocycles. The summed E-state index contributed by atoms with van der Waals surface area (Å²) in [7, 11) is 0. The van der Waals surface area contributed by atoms with Gasteiger partial charge in [0, 0.05) is 5.92 Å². The third-order valence-electron chi connectivity index (χ3n) is 5.41. The van der Waals surface area contributed by atoms with Crippen molar-refractivity contribution < 1.29 is 19.5 Å². The van der Waals surface area contributed by atoms with Gasteiger partial charge in [0.05, 0.1) is 30.1 Å². The highest BCUT2D eigenvalue weighted by Gasteiger charge is 2.62. The second-order valence-electron chi connectivity index (χ2n) is 6.40. The molecule has 1 saturated carbocycles. The number of ketones is 1. The van der Waals surface area contributed by atoms with Crippen molar-refractivity contribution >= 4 is 5.78 Å². The van der Waals surface area contributed by atoms with Crippen LogP contribution in [0.3, 0.4) is 0 Å². The van der Waals surface area contributed by atoms with Crippen molar-refractivity contribution in [2.24, 2.45) is 17.7 Å². The third-order valence-corrected chi connectivity index (χ3v) is 5.41. The monoisotopic (exact) mass is 289 g/mol. The zero-order valence-corrected chi connectivity index (χ0v) is 11.9. The van der Waals surface area contributed by atoms with E-state index in [1.165, 1.54) is 0 Å². The second kappa shape index (κ2) is 4.53. The van der Waals surface area contributed by atoms with Crippen LogP contribution in [-0.4, -0.2) is 29.2 Å². The molecule has 5 nitrogen and oxygen atoms in total. The van der Waals surface area contributed by atoms with Gasteiger partial charge in [-0.15, -0.1) is 0 Å². The summed E-state index contributed by atoms with van der Waals surface area (Å²) in [6, 6.07) is 5.38. The van der Waals surface area contributed by atoms with E-state index in [9.17, 15) is 9.90 Å². The first-order valence-corrected chi connectivity index (χ1v) is 7.46. The van der Waals surface area contributed by atoms with E-state index in [4.69, 9.17) is 15.5 Å². The first-order chi connectivity index (χ1) is 10.1. The molecule has 2 saturated heterocycles. The highest BCUT2D eigenvalue weighted by molar-refractivity contribution is 5.92. The van der Waals surface area contributed by atoms with Gasteiger partial charge in [0.25, 0.3) is 0 Å². The Morgan fingerprint density at radius 1 is 1.33 bits per heavy atom. The molecule has 3 N–H and O–H groups in total. The van der Waals surface area contributed by atoms with Crippen molar-refractivity contribution in [3.05, 3.63) is 29.3 Å². The molecule has 3 fully saturated rings. The van der Waals surface area contributed by atoms with Crippen molar-refractivity contribution in [1.29, 1.82) is 0 Å². The van der Waals surface area contributed by atoms with Gasteiger partial charge >= 0.3 is 0 Å². The van der Waals surface area contributed by atoms with Gasteiger partial charge < -0.3 is 14.7 Å². The maximum atomic E-state index is 12.8. The molecule has 0 spiro atoms. The predicted octanol–water partition coefficient (Wildman–Crippen LogP) is 1.07. The Kier molecular flexibility index (Phi) is 2.86. The Bertz CT molecular complexity index is 602. The lowest BCUT2D eigenvalue weighted by Crippen LogP contribution is -2.31. The number of carbonyl (C=O) groups excluding carboxylic acids is 1. The van der Waals surface area contributed by atoms with Crippen molar-refractivity contribution in [3.63, 3.8) is 0 Å². The molecule has 0 amide bonds. The number of aryl methyl sites for hydroxylation is 1. The topological polar surface area (TPSA) is 81.8 Å². The number of fused-ring (bicyclic) bond motifs is 5. The molecule has 1 aromatic carbocycles. The first-order valence-electron chi connectivity index (χ1n) is 7.46. The van der Waals surface area contributed by atoms with Gasteiger partial charge in [-0.3, -0.25) is 4.79 Å². The fraction of sp³-hybridized carbons (Fsp3) is 0.562. The molecule has 6 unspecified atom stereocenters. The van der Waals surface area contributed by atoms with Crippen LogP contribution in [0.5, 0.6) is 5.75 Å². The molecule has 0 radical (unpaired) electrons. The second-order valence-corrected chi connectivity index (χ2v) is 6.40. The van der Waals surface area contributed by atoms with Crippen LogP contribution in [0.2, 0.25) is 0 Å². The minimum absolute atomic E-state index is 0.0131. The van der Waals surface area contributed by atoms with Crippen molar-refractivity contribution in [2.75, 3.05) is 0 Å². The molecule has 6 atom stereocenters. The Hall–Kier alpha value is -1.43. The highest BCUT2D eigenvalue weighted by Crippen LogP contribution is 2.54. The van der Waals surface area contributed by atoms with E-state index >= 15 is 0 Å². The predicted molar refractivity (Wildman–Crippen MR) is 74.6 cm³/mol. The van der Waals surface area contributed by atoms with E-state index in [0.717, 1.165) is 24.0 Å². The number of hydrogen-bond acceptors (Lipinski definition) is 5. The van der Waals surface area contributed by atoms with Crippen LogP contribution in [0, 0.1) is 18.8 Å². The van der Waals surface area contributed by atoms with Gasteiger partial charge in [0.15, 0.2) is 0 Å². The molecule has 5 heteroatoms. The number of carbonyl (C=O) groups is 1. The van der Waals surface area contributed by atoms with Crippen LogP contribution in [0.4, 0.5) is 0 Å². The van der Waals surface area contributed by atoms with E-state index in [1.54, 1.807) is 12.1 Å². The largest absolute Gasteiger partial charge is 0.412 e. The van der Waals surface area contributed by atoms with E-state index in [0.29, 0.717) is 5.75 Å². The quantitative estimate of drug-likeness (QED) is 0.796. The minimum Gasteiger partial charge on any atom is -0.412 e. The summed E-state index contributed by atoms with van der Waals surface area (Å²) in [6.07, 6.45) is 1.31. The van der Waals surface area contributed by atoms with E-state index in [-0.39, 0.29) is 29.8 Å². The zero-order chi connectivity index (χ0) is 14.7. The van der Waals surface area contributed by atoms with Gasteiger partial charge in [0.1, 0.15) is 11.5 Å². The minimum atomic E-state index is -0.652. The lowest BCUT2D eigenvalue weighted by atomic mass is 9.81. The van der Waals surface area contributed by atoms with Crippen molar-refractivity contribution in [3.8, 4) is 5.75 Å². The normalized spacial score (nSPS) is 40.6. The van der Waals surface area contributed by atoms with Gasteiger partial charge in [-0.1, -0.05) is 6.07 Å². The summed E-state index contributed by atoms with van der Waals surface area (Å²) in [4.78, 5) is 17.5. The van der Waals surface area contributed by atoms with Crippen LogP contribution < -0.4 is 10.7 Å². The molecule has 4 rings (SSSR count). The smallest absolute Gasteiger partial charge is 0.149 e. The molecule has 2 bridgehead atoms. The summed E-state index contributed by atoms with van der Waals surface area (Å²) >= 11 is 0. The highest BCUT2D eigenvalue weighted by atomic mass is 16.6. The van der Waals surface area contributed by atoms with Gasteiger partial charge in [-0.25, -0.2) is 0 Å². The Morgan fingerprint density at radius 3 is 2.76 bits per heavy atom. The summed E-state index contributed by atoms with van der Waals surface area (Å²) in [6.45, 7) is 1.91. The molecule has 3 aliphatic rings. The number of Topliss-reactive ketones (excluding diaryl/α,β-unsaturated/α-hetero) is 1. The average molecular weight is 289 g/mol. The Labute approximate surface area is 123 Å². The number of aliphatic hydroxyl groups is 1. The summed E-state index contributed by atoms with van der Waals surface area (Å²) in [5.41, 5.74) is 1.80. The number of ether oxygens (including phenoxy) is 1. The molecular formula is C16H19NO4. The van der Waals surface area contributed by atoms with Crippen LogP contribution in [0.1, 0.15) is 29.9 Å².